The summed E-state index contributed by atoms with van der Waals surface area (Å²) < 4.78 is 0. The Morgan fingerprint density at radius 1 is 1.35 bits per heavy atom. The van der Waals surface area contributed by atoms with Crippen molar-refractivity contribution < 1.29 is 9.90 Å². The highest BCUT2D eigenvalue weighted by Crippen LogP contribution is 2.23. The lowest BCUT2D eigenvalue weighted by Crippen LogP contribution is -2.24. The fourth-order valence-corrected chi connectivity index (χ4v) is 2.31. The van der Waals surface area contributed by atoms with Gasteiger partial charge in [0.05, 0.1) is 0 Å². The zero-order chi connectivity index (χ0) is 12.3. The molecule has 0 bridgehead atoms. The molecule has 92 valence electrons. The minimum atomic E-state index is -0.979. The van der Waals surface area contributed by atoms with Gasteiger partial charge in [-0.1, -0.05) is 30.9 Å². The molecule has 1 aliphatic rings. The number of carboxylic acids is 1. The number of aromatic carboxylic acids is 1. The fraction of sp³-hybridized carbons (Fsp3) is 0.500. The summed E-state index contributed by atoms with van der Waals surface area (Å²) in [5.41, 5.74) is 0.181. The molecule has 2 rings (SSSR count). The SMILES string of the molecule is O=C(O)c1ccc(Cl)nc1NC1CCCCC1. The van der Waals surface area contributed by atoms with Crippen LogP contribution < -0.4 is 5.32 Å². The molecule has 0 spiro atoms. The number of rotatable bonds is 3. The lowest BCUT2D eigenvalue weighted by molar-refractivity contribution is 0.0697. The number of nitrogens with zero attached hydrogens (tertiary/aromatic N) is 1. The van der Waals surface area contributed by atoms with Crippen LogP contribution in [0.5, 0.6) is 0 Å². The van der Waals surface area contributed by atoms with Crippen LogP contribution in [-0.2, 0) is 0 Å². The van der Waals surface area contributed by atoms with E-state index in [0.29, 0.717) is 17.0 Å². The largest absolute Gasteiger partial charge is 0.478 e. The molecule has 0 amide bonds. The van der Waals surface area contributed by atoms with E-state index >= 15 is 0 Å². The van der Waals surface area contributed by atoms with Crippen LogP contribution >= 0.6 is 11.6 Å². The molecule has 17 heavy (non-hydrogen) atoms. The van der Waals surface area contributed by atoms with Crippen LogP contribution in [0.3, 0.4) is 0 Å². The van der Waals surface area contributed by atoms with Gasteiger partial charge in [0.15, 0.2) is 0 Å². The van der Waals surface area contributed by atoms with Crippen LogP contribution in [0.2, 0.25) is 5.15 Å². The van der Waals surface area contributed by atoms with Crippen molar-refractivity contribution in [2.45, 2.75) is 38.1 Å². The summed E-state index contributed by atoms with van der Waals surface area (Å²) in [4.78, 5) is 15.1. The van der Waals surface area contributed by atoms with E-state index in [9.17, 15) is 4.79 Å². The van der Waals surface area contributed by atoms with Gasteiger partial charge in [0.25, 0.3) is 0 Å². The Kier molecular flexibility index (Phi) is 3.84. The van der Waals surface area contributed by atoms with E-state index in [2.05, 4.69) is 10.3 Å². The molecule has 4 nitrogen and oxygen atoms in total. The topological polar surface area (TPSA) is 62.2 Å². The summed E-state index contributed by atoms with van der Waals surface area (Å²) in [7, 11) is 0. The third-order valence-electron chi connectivity index (χ3n) is 3.04. The molecule has 1 heterocycles. The minimum absolute atomic E-state index is 0.181. The number of carboxylic acid groups (broad SMARTS) is 1. The maximum Gasteiger partial charge on any atom is 0.339 e. The van der Waals surface area contributed by atoms with Crippen molar-refractivity contribution in [1.82, 2.24) is 4.98 Å². The summed E-state index contributed by atoms with van der Waals surface area (Å²) in [6.45, 7) is 0. The molecule has 1 saturated carbocycles. The second-order valence-electron chi connectivity index (χ2n) is 4.31. The quantitative estimate of drug-likeness (QED) is 0.814. The normalized spacial score (nSPS) is 16.8. The summed E-state index contributed by atoms with van der Waals surface area (Å²) in [6.07, 6.45) is 5.74. The average Bonchev–Trinajstić information content (AvgIpc) is 2.30. The Hall–Kier alpha value is -1.29. The zero-order valence-corrected chi connectivity index (χ0v) is 10.2. The van der Waals surface area contributed by atoms with Gasteiger partial charge in [0.2, 0.25) is 0 Å². The van der Waals surface area contributed by atoms with Gasteiger partial charge in [-0.15, -0.1) is 0 Å². The molecule has 0 atom stereocenters. The van der Waals surface area contributed by atoms with Crippen LogP contribution in [0.25, 0.3) is 0 Å². The first-order valence-electron chi connectivity index (χ1n) is 5.83. The second-order valence-corrected chi connectivity index (χ2v) is 4.70. The van der Waals surface area contributed by atoms with Crippen LogP contribution in [-0.4, -0.2) is 22.1 Å². The van der Waals surface area contributed by atoms with Gasteiger partial charge >= 0.3 is 5.97 Å². The number of hydrogen-bond donors (Lipinski definition) is 2. The predicted molar refractivity (Wildman–Crippen MR) is 66.7 cm³/mol. The number of hydrogen-bond acceptors (Lipinski definition) is 3. The van der Waals surface area contributed by atoms with Gasteiger partial charge in [-0.2, -0.15) is 0 Å². The maximum absolute atomic E-state index is 11.1. The van der Waals surface area contributed by atoms with Crippen molar-refractivity contribution >= 4 is 23.4 Å². The third-order valence-corrected chi connectivity index (χ3v) is 3.25. The number of nitrogens with one attached hydrogen (secondary N) is 1. The molecular weight excluding hydrogens is 240 g/mol. The summed E-state index contributed by atoms with van der Waals surface area (Å²) in [5, 5.41) is 12.6. The monoisotopic (exact) mass is 254 g/mol. The predicted octanol–water partition coefficient (Wildman–Crippen LogP) is 3.18. The van der Waals surface area contributed by atoms with Gasteiger partial charge in [0, 0.05) is 6.04 Å². The van der Waals surface area contributed by atoms with Gasteiger partial charge in [-0.25, -0.2) is 9.78 Å². The van der Waals surface area contributed by atoms with E-state index in [0.717, 1.165) is 12.8 Å². The molecule has 1 aromatic rings. The third kappa shape index (κ3) is 3.09. The van der Waals surface area contributed by atoms with Crippen molar-refractivity contribution in [3.63, 3.8) is 0 Å². The first-order chi connectivity index (χ1) is 8.16. The summed E-state index contributed by atoms with van der Waals surface area (Å²) >= 11 is 5.80. The molecule has 0 saturated heterocycles. The smallest absolute Gasteiger partial charge is 0.339 e. The van der Waals surface area contributed by atoms with Crippen LogP contribution in [0.1, 0.15) is 42.5 Å². The van der Waals surface area contributed by atoms with E-state index < -0.39 is 5.97 Å². The Labute approximate surface area is 105 Å². The van der Waals surface area contributed by atoms with Gasteiger partial charge in [0.1, 0.15) is 16.5 Å². The zero-order valence-electron chi connectivity index (χ0n) is 9.45. The first-order valence-corrected chi connectivity index (χ1v) is 6.21. The number of aromatic nitrogens is 1. The van der Waals surface area contributed by atoms with E-state index in [1.807, 2.05) is 0 Å². The van der Waals surface area contributed by atoms with E-state index in [1.54, 1.807) is 0 Å². The number of halogens is 1. The summed E-state index contributed by atoms with van der Waals surface area (Å²) in [5.74, 6) is -0.593. The average molecular weight is 255 g/mol. The van der Waals surface area contributed by atoms with Crippen molar-refractivity contribution in [2.24, 2.45) is 0 Å². The van der Waals surface area contributed by atoms with Crippen molar-refractivity contribution in [3.05, 3.63) is 22.8 Å². The lowest BCUT2D eigenvalue weighted by atomic mass is 9.95. The minimum Gasteiger partial charge on any atom is -0.478 e. The Morgan fingerprint density at radius 2 is 2.06 bits per heavy atom. The van der Waals surface area contributed by atoms with Crippen molar-refractivity contribution in [3.8, 4) is 0 Å². The second kappa shape index (κ2) is 5.36. The lowest BCUT2D eigenvalue weighted by Gasteiger charge is -2.23. The molecule has 0 aromatic carbocycles. The number of carbonyl (C=O) groups is 1. The maximum atomic E-state index is 11.1. The molecule has 1 aromatic heterocycles. The molecule has 0 unspecified atom stereocenters. The highest BCUT2D eigenvalue weighted by molar-refractivity contribution is 6.29. The molecule has 1 fully saturated rings. The van der Waals surface area contributed by atoms with E-state index in [-0.39, 0.29) is 5.56 Å². The first kappa shape index (κ1) is 12.2. The molecule has 2 N–H and O–H groups in total. The highest BCUT2D eigenvalue weighted by Gasteiger charge is 2.18. The Bertz CT molecular complexity index is 417. The molecule has 5 heteroatoms. The molecular formula is C12H15ClN2O2. The van der Waals surface area contributed by atoms with Crippen LogP contribution in [0.4, 0.5) is 5.82 Å². The van der Waals surface area contributed by atoms with E-state index in [4.69, 9.17) is 16.7 Å². The Morgan fingerprint density at radius 3 is 2.71 bits per heavy atom. The number of pyridine rings is 1. The van der Waals surface area contributed by atoms with Gasteiger partial charge in [-0.05, 0) is 25.0 Å². The summed E-state index contributed by atoms with van der Waals surface area (Å²) in [6, 6.07) is 3.30. The van der Waals surface area contributed by atoms with Crippen LogP contribution in [0.15, 0.2) is 12.1 Å². The fourth-order valence-electron chi connectivity index (χ4n) is 2.16. The Balaban J connectivity index is 2.17. The van der Waals surface area contributed by atoms with Crippen molar-refractivity contribution in [1.29, 1.82) is 0 Å². The van der Waals surface area contributed by atoms with Gasteiger partial charge < -0.3 is 10.4 Å². The van der Waals surface area contributed by atoms with Crippen LogP contribution in [0, 0.1) is 0 Å². The number of anilines is 1. The van der Waals surface area contributed by atoms with Gasteiger partial charge in [-0.3, -0.25) is 0 Å². The standard InChI is InChI=1S/C12H15ClN2O2/c13-10-7-6-9(12(16)17)11(15-10)14-8-4-2-1-3-5-8/h6-8H,1-5H2,(H,14,15)(H,16,17). The highest BCUT2D eigenvalue weighted by atomic mass is 35.5. The van der Waals surface area contributed by atoms with Crippen molar-refractivity contribution in [2.75, 3.05) is 5.32 Å². The molecule has 0 aliphatic heterocycles. The van der Waals surface area contributed by atoms with E-state index in [1.165, 1.54) is 31.4 Å². The molecule has 0 radical (unpaired) electrons. The molecule has 1 aliphatic carbocycles.